The third-order valence-electron chi connectivity index (χ3n) is 5.35. The molecule has 1 atom stereocenters. The van der Waals surface area contributed by atoms with E-state index in [4.69, 9.17) is 9.47 Å². The zero-order valence-electron chi connectivity index (χ0n) is 18.0. The van der Waals surface area contributed by atoms with Crippen molar-refractivity contribution < 1.29 is 23.5 Å². The van der Waals surface area contributed by atoms with Gasteiger partial charge in [0.25, 0.3) is 0 Å². The van der Waals surface area contributed by atoms with Gasteiger partial charge in [0.2, 0.25) is 11.8 Å². The second-order valence-corrected chi connectivity index (χ2v) is 7.81. The smallest absolute Gasteiger partial charge is 0.229 e. The molecular formula is C24H29FN2O4. The lowest BCUT2D eigenvalue weighted by Gasteiger charge is -2.32. The lowest BCUT2D eigenvalue weighted by molar-refractivity contribution is -0.133. The average molecular weight is 429 g/mol. The number of ether oxygens (including phenoxy) is 2. The summed E-state index contributed by atoms with van der Waals surface area (Å²) in [5.74, 6) is -0.195. The molecule has 0 saturated carbocycles. The van der Waals surface area contributed by atoms with Crippen LogP contribution in [0.2, 0.25) is 0 Å². The van der Waals surface area contributed by atoms with E-state index >= 15 is 0 Å². The molecule has 0 spiro atoms. The Morgan fingerprint density at radius 3 is 2.68 bits per heavy atom. The summed E-state index contributed by atoms with van der Waals surface area (Å²) in [7, 11) is 1.61. The third kappa shape index (κ3) is 6.52. The van der Waals surface area contributed by atoms with Crippen LogP contribution in [0.15, 0.2) is 42.5 Å². The molecule has 7 heteroatoms. The maximum absolute atomic E-state index is 13.1. The number of carbonyl (C=O) groups excluding carboxylic acids is 2. The van der Waals surface area contributed by atoms with E-state index in [0.717, 1.165) is 24.0 Å². The molecule has 2 amide bonds. The molecule has 1 heterocycles. The van der Waals surface area contributed by atoms with Crippen molar-refractivity contribution in [1.29, 1.82) is 0 Å². The number of hydrogen-bond acceptors (Lipinski definition) is 4. The Morgan fingerprint density at radius 1 is 1.16 bits per heavy atom. The number of methoxy groups -OCH3 is 1. The molecule has 0 radical (unpaired) electrons. The van der Waals surface area contributed by atoms with Crippen LogP contribution in [0, 0.1) is 18.7 Å². The Labute approximate surface area is 182 Å². The van der Waals surface area contributed by atoms with Gasteiger partial charge in [0.05, 0.1) is 24.6 Å². The van der Waals surface area contributed by atoms with Crippen molar-refractivity contribution in [2.75, 3.05) is 38.7 Å². The van der Waals surface area contributed by atoms with Crippen molar-refractivity contribution in [3.63, 3.8) is 0 Å². The van der Waals surface area contributed by atoms with Crippen LogP contribution in [0.5, 0.6) is 5.75 Å². The van der Waals surface area contributed by atoms with E-state index in [1.54, 1.807) is 24.1 Å². The Bertz CT molecular complexity index is 901. The van der Waals surface area contributed by atoms with E-state index in [1.807, 2.05) is 25.1 Å². The minimum Gasteiger partial charge on any atom is -0.489 e. The first kappa shape index (κ1) is 22.7. The Morgan fingerprint density at radius 2 is 1.94 bits per heavy atom. The number of anilines is 1. The SMILES string of the molecule is COCCOc1cc(C)ccc1NC(=O)C1CCCN(C(=O)Cc2ccc(F)cc2)C1. The highest BCUT2D eigenvalue weighted by Crippen LogP contribution is 2.27. The predicted molar refractivity (Wildman–Crippen MR) is 117 cm³/mol. The number of amides is 2. The number of halogens is 1. The minimum atomic E-state index is -0.326. The summed E-state index contributed by atoms with van der Waals surface area (Å²) < 4.78 is 23.9. The van der Waals surface area contributed by atoms with E-state index in [9.17, 15) is 14.0 Å². The number of nitrogens with one attached hydrogen (secondary N) is 1. The Kier molecular flexibility index (Phi) is 8.00. The molecule has 2 aromatic rings. The molecule has 0 bridgehead atoms. The summed E-state index contributed by atoms with van der Waals surface area (Å²) in [6, 6.07) is 11.6. The van der Waals surface area contributed by atoms with Crippen LogP contribution in [0.25, 0.3) is 0 Å². The maximum atomic E-state index is 13.1. The molecule has 6 nitrogen and oxygen atoms in total. The summed E-state index contributed by atoms with van der Waals surface area (Å²) in [6.07, 6.45) is 1.68. The van der Waals surface area contributed by atoms with Crippen LogP contribution in [0.3, 0.4) is 0 Å². The molecular weight excluding hydrogens is 399 g/mol. The van der Waals surface area contributed by atoms with Crippen LogP contribution in [0.4, 0.5) is 10.1 Å². The Balaban J connectivity index is 1.60. The lowest BCUT2D eigenvalue weighted by Crippen LogP contribution is -2.44. The van der Waals surface area contributed by atoms with Crippen molar-refractivity contribution in [1.82, 2.24) is 4.90 Å². The lowest BCUT2D eigenvalue weighted by atomic mass is 9.96. The van der Waals surface area contributed by atoms with Crippen LogP contribution in [-0.2, 0) is 20.7 Å². The first-order valence-corrected chi connectivity index (χ1v) is 10.5. The summed E-state index contributed by atoms with van der Waals surface area (Å²) in [4.78, 5) is 27.3. The normalized spacial score (nSPS) is 16.1. The summed E-state index contributed by atoms with van der Waals surface area (Å²) in [6.45, 7) is 3.80. The molecule has 1 fully saturated rings. The van der Waals surface area contributed by atoms with E-state index < -0.39 is 0 Å². The van der Waals surface area contributed by atoms with Gasteiger partial charge in [0.15, 0.2) is 0 Å². The van der Waals surface area contributed by atoms with Gasteiger partial charge in [0, 0.05) is 20.2 Å². The Hall–Kier alpha value is -2.93. The number of hydrogen-bond donors (Lipinski definition) is 1. The predicted octanol–water partition coefficient (Wildman–Crippen LogP) is 3.58. The van der Waals surface area contributed by atoms with Gasteiger partial charge in [-0.3, -0.25) is 9.59 Å². The molecule has 1 saturated heterocycles. The molecule has 1 aliphatic heterocycles. The van der Waals surface area contributed by atoms with E-state index in [0.29, 0.717) is 37.7 Å². The first-order valence-electron chi connectivity index (χ1n) is 10.5. The van der Waals surface area contributed by atoms with Gasteiger partial charge in [-0.05, 0) is 55.2 Å². The number of rotatable bonds is 8. The second-order valence-electron chi connectivity index (χ2n) is 7.81. The van der Waals surface area contributed by atoms with Crippen molar-refractivity contribution in [3.05, 3.63) is 59.4 Å². The summed E-state index contributed by atoms with van der Waals surface area (Å²) in [5.41, 5.74) is 2.40. The average Bonchev–Trinajstić information content (AvgIpc) is 2.77. The highest BCUT2D eigenvalue weighted by molar-refractivity contribution is 5.94. The van der Waals surface area contributed by atoms with Gasteiger partial charge in [-0.1, -0.05) is 18.2 Å². The summed E-state index contributed by atoms with van der Waals surface area (Å²) >= 11 is 0. The largest absolute Gasteiger partial charge is 0.489 e. The fraction of sp³-hybridized carbons (Fsp3) is 0.417. The van der Waals surface area contributed by atoms with Gasteiger partial charge < -0.3 is 19.7 Å². The van der Waals surface area contributed by atoms with E-state index in [-0.39, 0.29) is 30.0 Å². The zero-order chi connectivity index (χ0) is 22.2. The van der Waals surface area contributed by atoms with Crippen molar-refractivity contribution in [3.8, 4) is 5.75 Å². The standard InChI is InChI=1S/C24H29FN2O4/c1-17-5-10-21(22(14-17)31-13-12-30-2)26-24(29)19-4-3-11-27(16-19)23(28)15-18-6-8-20(25)9-7-18/h5-10,14,19H,3-4,11-13,15-16H2,1-2H3,(H,26,29). The number of carbonyl (C=O) groups is 2. The van der Waals surface area contributed by atoms with Crippen molar-refractivity contribution in [2.24, 2.45) is 5.92 Å². The minimum absolute atomic E-state index is 0.0527. The van der Waals surface area contributed by atoms with Crippen molar-refractivity contribution >= 4 is 17.5 Å². The van der Waals surface area contributed by atoms with Crippen molar-refractivity contribution in [2.45, 2.75) is 26.2 Å². The number of nitrogens with zero attached hydrogens (tertiary/aromatic N) is 1. The molecule has 3 rings (SSSR count). The zero-order valence-corrected chi connectivity index (χ0v) is 18.0. The topological polar surface area (TPSA) is 67.9 Å². The molecule has 31 heavy (non-hydrogen) atoms. The molecule has 1 aliphatic rings. The van der Waals surface area contributed by atoms with Crippen LogP contribution in [-0.4, -0.2) is 50.1 Å². The quantitative estimate of drug-likeness (QED) is 0.653. The molecule has 1 N–H and O–H groups in total. The fourth-order valence-electron chi connectivity index (χ4n) is 3.63. The monoisotopic (exact) mass is 428 g/mol. The van der Waals surface area contributed by atoms with Gasteiger partial charge >= 0.3 is 0 Å². The van der Waals surface area contributed by atoms with Crippen LogP contribution in [0.1, 0.15) is 24.0 Å². The highest BCUT2D eigenvalue weighted by Gasteiger charge is 2.29. The highest BCUT2D eigenvalue weighted by atomic mass is 19.1. The number of aryl methyl sites for hydroxylation is 1. The van der Waals surface area contributed by atoms with Gasteiger partial charge in [0.1, 0.15) is 18.2 Å². The molecule has 0 aliphatic carbocycles. The number of likely N-dealkylation sites (tertiary alicyclic amines) is 1. The molecule has 2 aromatic carbocycles. The first-order chi connectivity index (χ1) is 15.0. The molecule has 1 unspecified atom stereocenters. The maximum Gasteiger partial charge on any atom is 0.229 e. The molecule has 0 aromatic heterocycles. The fourth-order valence-corrected chi connectivity index (χ4v) is 3.63. The van der Waals surface area contributed by atoms with E-state index in [1.165, 1.54) is 12.1 Å². The second kappa shape index (κ2) is 10.9. The van der Waals surface area contributed by atoms with Gasteiger partial charge in [-0.2, -0.15) is 0 Å². The third-order valence-corrected chi connectivity index (χ3v) is 5.35. The van der Waals surface area contributed by atoms with Gasteiger partial charge in [-0.15, -0.1) is 0 Å². The van der Waals surface area contributed by atoms with Crippen LogP contribution < -0.4 is 10.1 Å². The summed E-state index contributed by atoms with van der Waals surface area (Å²) in [5, 5.41) is 2.97. The molecule has 166 valence electrons. The van der Waals surface area contributed by atoms with E-state index in [2.05, 4.69) is 5.32 Å². The number of benzene rings is 2. The van der Waals surface area contributed by atoms with Crippen LogP contribution >= 0.6 is 0 Å². The number of piperidine rings is 1. The van der Waals surface area contributed by atoms with Gasteiger partial charge in [-0.25, -0.2) is 4.39 Å².